The number of carbonyl (C=O) groups is 1. The number of amides is 1. The minimum Gasteiger partial charge on any atom is -0.464 e. The van der Waals surface area contributed by atoms with Crippen LogP contribution in [-0.2, 0) is 0 Å². The van der Waals surface area contributed by atoms with Crippen molar-refractivity contribution >= 4 is 31.7 Å². The van der Waals surface area contributed by atoms with Crippen LogP contribution in [0.1, 0.15) is 0 Å². The molecule has 0 fully saturated rings. The average Bonchev–Trinajstić information content (AvgIpc) is 1.63. The average molecular weight is 184 g/mol. The van der Waals surface area contributed by atoms with E-state index in [9.17, 15) is 4.79 Å². The van der Waals surface area contributed by atoms with E-state index >= 15 is 0 Å². The molecule has 0 atom stereocenters. The lowest BCUT2D eigenvalue weighted by molar-refractivity contribution is 0.191. The third-order valence-electron chi connectivity index (χ3n) is 0.171. The molecule has 10 heavy (non-hydrogen) atoms. The summed E-state index contributed by atoms with van der Waals surface area (Å²) in [6, 6.07) is 0. The summed E-state index contributed by atoms with van der Waals surface area (Å²) in [5, 5.41) is 7.76. The molecule has 0 aromatic heterocycles. The van der Waals surface area contributed by atoms with E-state index in [0.717, 1.165) is 0 Å². The fourth-order valence-electron chi connectivity index (χ4n) is 0. The quantitative estimate of drug-likeness (QED) is 0.489. The van der Waals surface area contributed by atoms with Gasteiger partial charge in [0, 0.05) is 0 Å². The molecule has 0 rings (SSSR count). The molecule has 0 aromatic rings. The molecule has 0 saturated heterocycles. The maximum atomic E-state index is 9.47. The minimum atomic E-state index is -1.18. The summed E-state index contributed by atoms with van der Waals surface area (Å²) in [5.41, 5.74) is 0. The molecule has 1 amide bonds. The second-order valence-corrected chi connectivity index (χ2v) is 3.03. The van der Waals surface area contributed by atoms with Crippen molar-refractivity contribution in [3.8, 4) is 0 Å². The zero-order valence-corrected chi connectivity index (χ0v) is 7.93. The van der Waals surface area contributed by atoms with Gasteiger partial charge in [0.1, 0.15) is 0 Å². The summed E-state index contributed by atoms with van der Waals surface area (Å²) in [4.78, 5) is 11.5. The monoisotopic (exact) mass is 184 g/mol. The molecule has 6 heteroatoms. The second-order valence-electron chi connectivity index (χ2n) is 1.91. The molecule has 0 aromatic carbocycles. The maximum Gasteiger partial charge on any atom is 0.427 e. The Morgan fingerprint density at radius 3 is 1.40 bits per heavy atom. The summed E-state index contributed by atoms with van der Waals surface area (Å²) < 4.78 is 0.472. The van der Waals surface area contributed by atoms with Crippen LogP contribution in [0.2, 0.25) is 0 Å². The van der Waals surface area contributed by atoms with Crippen molar-refractivity contribution < 1.29 is 9.90 Å². The van der Waals surface area contributed by atoms with E-state index in [1.54, 1.807) is 0 Å². The molecule has 0 unspecified atom stereocenters. The van der Waals surface area contributed by atoms with E-state index in [4.69, 9.17) is 5.11 Å². The van der Waals surface area contributed by atoms with Gasteiger partial charge < -0.3 is 10.0 Å². The van der Waals surface area contributed by atoms with Crippen LogP contribution in [0, 0.1) is 0 Å². The highest BCUT2D eigenvalue weighted by molar-refractivity contribution is 7.94. The Bertz CT molecular complexity index is 94.5. The molecule has 0 saturated carbocycles. The van der Waals surface area contributed by atoms with Crippen LogP contribution < -0.4 is 0 Å². The van der Waals surface area contributed by atoms with Crippen LogP contribution in [0.25, 0.3) is 0 Å². The van der Waals surface area contributed by atoms with Gasteiger partial charge in [0.15, 0.2) is 0 Å². The van der Waals surface area contributed by atoms with E-state index in [-0.39, 0.29) is 0 Å². The fraction of sp³-hybridized carbons (Fsp3) is 0.750. The van der Waals surface area contributed by atoms with Gasteiger partial charge in [0.25, 0.3) is 0 Å². The van der Waals surface area contributed by atoms with Crippen LogP contribution in [-0.4, -0.2) is 41.0 Å². The number of carboxylic acid groups (broad SMARTS) is 1. The number of nitrogens with zero attached hydrogens (tertiary/aromatic N) is 2. The van der Waals surface area contributed by atoms with Gasteiger partial charge in [-0.05, 0) is 46.8 Å². The van der Waals surface area contributed by atoms with Crippen LogP contribution in [0.5, 0.6) is 0 Å². The molecule has 4 nitrogen and oxygen atoms in total. The molecule has 1 N–H and O–H groups in total. The van der Waals surface area contributed by atoms with Gasteiger partial charge in [-0.25, -0.2) is 4.79 Å². The Kier molecular flexibility index (Phi) is 8.87. The highest BCUT2D eigenvalue weighted by Crippen LogP contribution is 1.94. The Hall–Kier alpha value is -0.0700. The number of hydrogen-bond donors (Lipinski definition) is 3. The third kappa shape index (κ3) is 24.7. The summed E-state index contributed by atoms with van der Waals surface area (Å²) in [5.74, 6) is 0. The second kappa shape index (κ2) is 7.04. The normalized spacial score (nSPS) is 8.20. The SMILES string of the molecule is CN(C)C.O=C(O)N(S)S. The predicted octanol–water partition coefficient (Wildman–Crippen LogP) is 0.834. The largest absolute Gasteiger partial charge is 0.464 e. The van der Waals surface area contributed by atoms with E-state index in [0.29, 0.717) is 3.71 Å². The topological polar surface area (TPSA) is 43.8 Å². The predicted molar refractivity (Wildman–Crippen MR) is 47.4 cm³/mol. The summed E-state index contributed by atoms with van der Waals surface area (Å²) in [6.45, 7) is 0. The summed E-state index contributed by atoms with van der Waals surface area (Å²) >= 11 is 6.58. The van der Waals surface area contributed by atoms with Crippen molar-refractivity contribution in [2.45, 2.75) is 0 Å². The molecule has 0 aliphatic rings. The Labute approximate surface area is 71.9 Å². The highest BCUT2D eigenvalue weighted by Gasteiger charge is 1.95. The first-order valence-corrected chi connectivity index (χ1v) is 3.19. The van der Waals surface area contributed by atoms with E-state index < -0.39 is 6.09 Å². The number of hydrogen-bond acceptors (Lipinski definition) is 4. The van der Waals surface area contributed by atoms with Gasteiger partial charge >= 0.3 is 6.09 Å². The lowest BCUT2D eigenvalue weighted by Crippen LogP contribution is -2.05. The first-order chi connectivity index (χ1) is 4.37. The Balaban J connectivity index is 0. The summed E-state index contributed by atoms with van der Waals surface area (Å²) in [6.07, 6.45) is -1.18. The van der Waals surface area contributed by atoms with Crippen LogP contribution >= 0.6 is 25.6 Å². The minimum absolute atomic E-state index is 0.472. The van der Waals surface area contributed by atoms with Crippen molar-refractivity contribution in [3.05, 3.63) is 0 Å². The standard InChI is InChI=1S/C3H9N.CH3NO2S2/c1-4(2)3;3-1(4)2(5)6/h1-3H3;5-6H,(H,3,4). The first kappa shape index (κ1) is 12.6. The lowest BCUT2D eigenvalue weighted by atomic mass is 11.0. The summed E-state index contributed by atoms with van der Waals surface area (Å²) in [7, 11) is 6.00. The first-order valence-electron chi connectivity index (χ1n) is 2.39. The molecule has 0 heterocycles. The van der Waals surface area contributed by atoms with Gasteiger partial charge in [0.2, 0.25) is 0 Å². The van der Waals surface area contributed by atoms with E-state index in [1.165, 1.54) is 0 Å². The molecule has 0 aliphatic heterocycles. The highest BCUT2D eigenvalue weighted by atomic mass is 32.2. The van der Waals surface area contributed by atoms with Crippen molar-refractivity contribution in [1.82, 2.24) is 8.61 Å². The van der Waals surface area contributed by atoms with Gasteiger partial charge in [-0.1, -0.05) is 0 Å². The molecular formula is C4H12N2O2S2. The van der Waals surface area contributed by atoms with Crippen LogP contribution in [0.4, 0.5) is 4.79 Å². The number of rotatable bonds is 0. The van der Waals surface area contributed by atoms with Crippen molar-refractivity contribution in [3.63, 3.8) is 0 Å². The lowest BCUT2D eigenvalue weighted by Gasteiger charge is -1.95. The third-order valence-corrected chi connectivity index (χ3v) is 0.513. The van der Waals surface area contributed by atoms with Crippen molar-refractivity contribution in [2.24, 2.45) is 0 Å². The van der Waals surface area contributed by atoms with Crippen LogP contribution in [0.3, 0.4) is 0 Å². The Morgan fingerprint density at radius 1 is 1.30 bits per heavy atom. The van der Waals surface area contributed by atoms with Gasteiger partial charge in [-0.15, -0.1) is 0 Å². The zero-order valence-electron chi connectivity index (χ0n) is 6.14. The van der Waals surface area contributed by atoms with Crippen LogP contribution in [0.15, 0.2) is 0 Å². The van der Waals surface area contributed by atoms with Gasteiger partial charge in [-0.3, -0.25) is 0 Å². The Morgan fingerprint density at radius 2 is 1.40 bits per heavy atom. The molecular weight excluding hydrogens is 172 g/mol. The van der Waals surface area contributed by atoms with Gasteiger partial charge in [-0.2, -0.15) is 3.71 Å². The zero-order chi connectivity index (χ0) is 8.73. The molecule has 0 bridgehead atoms. The van der Waals surface area contributed by atoms with Crippen molar-refractivity contribution in [1.29, 1.82) is 0 Å². The van der Waals surface area contributed by atoms with Crippen molar-refractivity contribution in [2.75, 3.05) is 21.1 Å². The molecule has 62 valence electrons. The number of thiol groups is 2. The van der Waals surface area contributed by atoms with E-state index in [2.05, 4.69) is 25.6 Å². The molecule has 0 aliphatic carbocycles. The van der Waals surface area contributed by atoms with E-state index in [1.807, 2.05) is 26.0 Å². The molecule has 0 radical (unpaired) electrons. The maximum absolute atomic E-state index is 9.47. The van der Waals surface area contributed by atoms with Gasteiger partial charge in [0.05, 0.1) is 0 Å². The molecule has 0 spiro atoms. The fourth-order valence-corrected chi connectivity index (χ4v) is 0. The smallest absolute Gasteiger partial charge is 0.427 e.